The number of piperidine rings is 2. The number of carbonyl (C=O) groups excluding carboxylic acids is 1. The van der Waals surface area contributed by atoms with Gasteiger partial charge in [0.05, 0.1) is 24.5 Å². The molecule has 0 aliphatic carbocycles. The van der Waals surface area contributed by atoms with Gasteiger partial charge in [-0.15, -0.1) is 0 Å². The Balaban J connectivity index is 1.75. The maximum absolute atomic E-state index is 12.7. The smallest absolute Gasteiger partial charge is 0.305 e. The van der Waals surface area contributed by atoms with E-state index in [-0.39, 0.29) is 30.5 Å². The van der Waals surface area contributed by atoms with E-state index < -0.39 is 5.97 Å². The molecule has 2 aliphatic rings. The first-order valence-corrected chi connectivity index (χ1v) is 7.85. The quantitative estimate of drug-likeness (QED) is 0.787. The molecule has 0 saturated carbocycles. The number of hydrogen-bond acceptors (Lipinski definition) is 4. The summed E-state index contributed by atoms with van der Waals surface area (Å²) in [4.78, 5) is 25.1. The van der Waals surface area contributed by atoms with E-state index in [1.54, 1.807) is 0 Å². The van der Waals surface area contributed by atoms with E-state index in [1.807, 2.05) is 4.90 Å². The van der Waals surface area contributed by atoms with Crippen molar-refractivity contribution in [2.45, 2.75) is 45.1 Å². The van der Waals surface area contributed by atoms with Crippen LogP contribution in [0.25, 0.3) is 0 Å². The molecule has 0 bridgehead atoms. The molecular weight excluding hydrogens is 272 g/mol. The van der Waals surface area contributed by atoms with Crippen molar-refractivity contribution < 1.29 is 19.4 Å². The van der Waals surface area contributed by atoms with E-state index in [4.69, 9.17) is 9.84 Å². The third-order valence-corrected chi connectivity index (χ3v) is 4.51. The van der Waals surface area contributed by atoms with Crippen molar-refractivity contribution in [3.8, 4) is 0 Å². The van der Waals surface area contributed by atoms with Crippen molar-refractivity contribution in [2.24, 2.45) is 5.41 Å². The van der Waals surface area contributed by atoms with Gasteiger partial charge in [0.1, 0.15) is 0 Å². The molecule has 2 saturated heterocycles. The molecule has 0 aromatic carbocycles. The summed E-state index contributed by atoms with van der Waals surface area (Å²) >= 11 is 0. The summed E-state index contributed by atoms with van der Waals surface area (Å²) in [6, 6.07) is 0. The highest BCUT2D eigenvalue weighted by Gasteiger charge is 2.38. The zero-order valence-corrected chi connectivity index (χ0v) is 12.8. The van der Waals surface area contributed by atoms with Crippen LogP contribution in [-0.4, -0.2) is 60.8 Å². The molecule has 120 valence electrons. The van der Waals surface area contributed by atoms with Crippen molar-refractivity contribution in [1.29, 1.82) is 0 Å². The molecule has 1 unspecified atom stereocenters. The Bertz CT molecular complexity index is 372. The topological polar surface area (TPSA) is 78.9 Å². The predicted octanol–water partition coefficient (Wildman–Crippen LogP) is 0.858. The summed E-state index contributed by atoms with van der Waals surface area (Å²) in [6.07, 6.45) is 3.74. The van der Waals surface area contributed by atoms with Crippen LogP contribution in [0.2, 0.25) is 0 Å². The van der Waals surface area contributed by atoms with E-state index in [2.05, 4.69) is 12.2 Å². The predicted molar refractivity (Wildman–Crippen MR) is 78.0 cm³/mol. The van der Waals surface area contributed by atoms with Gasteiger partial charge in [0.25, 0.3) is 0 Å². The second kappa shape index (κ2) is 7.22. The summed E-state index contributed by atoms with van der Waals surface area (Å²) in [5.74, 6) is -0.584. The monoisotopic (exact) mass is 298 g/mol. The van der Waals surface area contributed by atoms with Gasteiger partial charge in [-0.25, -0.2) is 0 Å². The Morgan fingerprint density at radius 2 is 2.10 bits per heavy atom. The Labute approximate surface area is 125 Å². The first-order chi connectivity index (χ1) is 10.0. The first kappa shape index (κ1) is 16.2. The van der Waals surface area contributed by atoms with Gasteiger partial charge >= 0.3 is 5.97 Å². The molecule has 2 N–H and O–H groups in total. The van der Waals surface area contributed by atoms with E-state index in [0.717, 1.165) is 38.8 Å². The largest absolute Gasteiger partial charge is 0.481 e. The van der Waals surface area contributed by atoms with Crippen LogP contribution in [0.5, 0.6) is 0 Å². The zero-order chi connectivity index (χ0) is 15.3. The van der Waals surface area contributed by atoms with Crippen LogP contribution in [0.3, 0.4) is 0 Å². The summed E-state index contributed by atoms with van der Waals surface area (Å²) in [7, 11) is 0. The van der Waals surface area contributed by atoms with Crippen molar-refractivity contribution >= 4 is 11.9 Å². The maximum atomic E-state index is 12.7. The molecule has 2 heterocycles. The molecule has 0 aromatic rings. The number of nitrogens with one attached hydrogen (secondary N) is 1. The average molecular weight is 298 g/mol. The minimum Gasteiger partial charge on any atom is -0.481 e. The fraction of sp³-hybridized carbons (Fsp3) is 0.867. The van der Waals surface area contributed by atoms with E-state index in [1.165, 1.54) is 0 Å². The standard InChI is InChI=1S/C15H26N2O4/c1-15(6-2-7-16-11-15)14(20)17-8-3-12(4-9-17)21-10-5-13(18)19/h12,16H,2-11H2,1H3,(H,18,19). The van der Waals surface area contributed by atoms with Crippen LogP contribution in [0.1, 0.15) is 39.0 Å². The lowest BCUT2D eigenvalue weighted by Crippen LogP contribution is -2.52. The molecule has 6 heteroatoms. The van der Waals surface area contributed by atoms with Gasteiger partial charge in [-0.3, -0.25) is 9.59 Å². The molecular formula is C15H26N2O4. The van der Waals surface area contributed by atoms with Gasteiger partial charge < -0.3 is 20.1 Å². The Kier molecular flexibility index (Phi) is 5.58. The Morgan fingerprint density at radius 3 is 2.67 bits per heavy atom. The van der Waals surface area contributed by atoms with Crippen LogP contribution in [0, 0.1) is 5.41 Å². The van der Waals surface area contributed by atoms with Crippen LogP contribution >= 0.6 is 0 Å². The summed E-state index contributed by atoms with van der Waals surface area (Å²) in [5, 5.41) is 11.9. The molecule has 2 rings (SSSR count). The SMILES string of the molecule is CC1(C(=O)N2CCC(OCCC(=O)O)CC2)CCCNC1. The number of amides is 1. The minimum absolute atomic E-state index is 0.0445. The normalized spacial score (nSPS) is 27.6. The second-order valence-corrected chi connectivity index (χ2v) is 6.35. The van der Waals surface area contributed by atoms with Crippen LogP contribution in [0.15, 0.2) is 0 Å². The van der Waals surface area contributed by atoms with E-state index in [9.17, 15) is 9.59 Å². The molecule has 0 aromatic heterocycles. The number of likely N-dealkylation sites (tertiary alicyclic amines) is 1. The van der Waals surface area contributed by atoms with Crippen LogP contribution in [0.4, 0.5) is 0 Å². The number of hydrogen-bond donors (Lipinski definition) is 2. The molecule has 2 fully saturated rings. The second-order valence-electron chi connectivity index (χ2n) is 6.35. The highest BCUT2D eigenvalue weighted by atomic mass is 16.5. The maximum Gasteiger partial charge on any atom is 0.305 e. The van der Waals surface area contributed by atoms with Gasteiger partial charge in [-0.05, 0) is 39.2 Å². The molecule has 1 atom stereocenters. The lowest BCUT2D eigenvalue weighted by molar-refractivity contribution is -0.145. The number of aliphatic carboxylic acids is 1. The molecule has 0 radical (unpaired) electrons. The van der Waals surface area contributed by atoms with E-state index in [0.29, 0.717) is 13.1 Å². The van der Waals surface area contributed by atoms with Gasteiger partial charge in [-0.2, -0.15) is 0 Å². The minimum atomic E-state index is -0.833. The Morgan fingerprint density at radius 1 is 1.38 bits per heavy atom. The molecule has 21 heavy (non-hydrogen) atoms. The molecule has 6 nitrogen and oxygen atoms in total. The highest BCUT2D eigenvalue weighted by Crippen LogP contribution is 2.29. The number of carboxylic acids is 1. The summed E-state index contributed by atoms with van der Waals surface area (Å²) in [5.41, 5.74) is -0.269. The van der Waals surface area contributed by atoms with Gasteiger partial charge in [0, 0.05) is 19.6 Å². The van der Waals surface area contributed by atoms with E-state index >= 15 is 0 Å². The number of carboxylic acid groups (broad SMARTS) is 1. The lowest BCUT2D eigenvalue weighted by Gasteiger charge is -2.40. The number of nitrogens with zero attached hydrogens (tertiary/aromatic N) is 1. The van der Waals surface area contributed by atoms with Crippen LogP contribution in [-0.2, 0) is 14.3 Å². The summed E-state index contributed by atoms with van der Waals surface area (Å²) < 4.78 is 5.56. The average Bonchev–Trinajstić information content (AvgIpc) is 2.48. The number of ether oxygens (including phenoxy) is 1. The van der Waals surface area contributed by atoms with Crippen molar-refractivity contribution in [2.75, 3.05) is 32.8 Å². The van der Waals surface area contributed by atoms with Gasteiger partial charge in [0.2, 0.25) is 5.91 Å². The molecule has 1 amide bonds. The van der Waals surface area contributed by atoms with Gasteiger partial charge in [-0.1, -0.05) is 0 Å². The first-order valence-electron chi connectivity index (χ1n) is 7.85. The van der Waals surface area contributed by atoms with Gasteiger partial charge in [0.15, 0.2) is 0 Å². The van der Waals surface area contributed by atoms with Crippen molar-refractivity contribution in [3.63, 3.8) is 0 Å². The molecule has 2 aliphatic heterocycles. The fourth-order valence-corrected chi connectivity index (χ4v) is 3.16. The Hall–Kier alpha value is -1.14. The van der Waals surface area contributed by atoms with Crippen LogP contribution < -0.4 is 5.32 Å². The fourth-order valence-electron chi connectivity index (χ4n) is 3.16. The highest BCUT2D eigenvalue weighted by molar-refractivity contribution is 5.82. The number of rotatable bonds is 5. The molecule has 0 spiro atoms. The number of carbonyl (C=O) groups is 2. The third-order valence-electron chi connectivity index (χ3n) is 4.51. The van der Waals surface area contributed by atoms with Crippen molar-refractivity contribution in [3.05, 3.63) is 0 Å². The summed E-state index contributed by atoms with van der Waals surface area (Å²) in [6.45, 7) is 5.51. The van der Waals surface area contributed by atoms with Crippen molar-refractivity contribution in [1.82, 2.24) is 10.2 Å². The third kappa shape index (κ3) is 4.41. The lowest BCUT2D eigenvalue weighted by atomic mass is 9.81. The zero-order valence-electron chi connectivity index (χ0n) is 12.8.